The Bertz CT molecular complexity index is 940. The average Bonchev–Trinajstić information content (AvgIpc) is 3.08. The highest BCUT2D eigenvalue weighted by molar-refractivity contribution is 6.27. The van der Waals surface area contributed by atoms with Crippen molar-refractivity contribution in [1.29, 1.82) is 0 Å². The molecule has 0 radical (unpaired) electrons. The van der Waals surface area contributed by atoms with E-state index in [1.165, 1.54) is 0 Å². The van der Waals surface area contributed by atoms with Gasteiger partial charge >= 0.3 is 5.97 Å². The lowest BCUT2D eigenvalue weighted by atomic mass is 10.0. The van der Waals surface area contributed by atoms with Crippen molar-refractivity contribution < 1.29 is 19.4 Å². The minimum absolute atomic E-state index is 0.139. The number of nitrogens with one attached hydrogen (secondary N) is 2. The number of rotatable bonds is 8. The second kappa shape index (κ2) is 8.60. The first kappa shape index (κ1) is 18.8. The van der Waals surface area contributed by atoms with E-state index in [1.807, 2.05) is 48.5 Å². The fourth-order valence-electron chi connectivity index (χ4n) is 2.81. The zero-order valence-electron chi connectivity index (χ0n) is 14.4. The zero-order chi connectivity index (χ0) is 19.2. The number of ether oxygens (including phenoxy) is 1. The summed E-state index contributed by atoms with van der Waals surface area (Å²) >= 11 is 5.46. The van der Waals surface area contributed by atoms with Crippen molar-refractivity contribution in [1.82, 2.24) is 10.3 Å². The van der Waals surface area contributed by atoms with Crippen LogP contribution in [0.15, 0.2) is 54.7 Å². The molecule has 0 spiro atoms. The fourth-order valence-corrected chi connectivity index (χ4v) is 2.89. The van der Waals surface area contributed by atoms with Gasteiger partial charge in [-0.25, -0.2) is 4.79 Å². The Kier molecular flexibility index (Phi) is 5.98. The number of benzene rings is 2. The first-order valence-electron chi connectivity index (χ1n) is 8.41. The minimum atomic E-state index is -1.11. The van der Waals surface area contributed by atoms with Gasteiger partial charge in [-0.2, -0.15) is 0 Å². The summed E-state index contributed by atoms with van der Waals surface area (Å²) in [6.07, 6.45) is 1.88. The van der Waals surface area contributed by atoms with Crippen molar-refractivity contribution in [2.24, 2.45) is 0 Å². The SMILES string of the molecule is O=C(CCl)N[C@@H](Cc1c[nH]c2ccc(OCc3ccccc3)cc12)C(=O)O. The number of aliphatic carboxylic acids is 1. The molecule has 0 unspecified atom stereocenters. The molecule has 0 aliphatic heterocycles. The van der Waals surface area contributed by atoms with Crippen molar-refractivity contribution in [3.8, 4) is 5.75 Å². The van der Waals surface area contributed by atoms with Crippen molar-refractivity contribution in [3.63, 3.8) is 0 Å². The summed E-state index contributed by atoms with van der Waals surface area (Å²) in [7, 11) is 0. The van der Waals surface area contributed by atoms with Gasteiger partial charge in [0.25, 0.3) is 0 Å². The summed E-state index contributed by atoms with van der Waals surface area (Å²) in [5.74, 6) is -1.23. The fraction of sp³-hybridized carbons (Fsp3) is 0.200. The largest absolute Gasteiger partial charge is 0.489 e. The maximum Gasteiger partial charge on any atom is 0.326 e. The van der Waals surface area contributed by atoms with Crippen LogP contribution < -0.4 is 10.1 Å². The van der Waals surface area contributed by atoms with Crippen LogP contribution in [0.1, 0.15) is 11.1 Å². The van der Waals surface area contributed by atoms with E-state index in [9.17, 15) is 14.7 Å². The number of halogens is 1. The van der Waals surface area contributed by atoms with Gasteiger partial charge in [0, 0.05) is 23.5 Å². The van der Waals surface area contributed by atoms with Gasteiger partial charge in [-0.15, -0.1) is 11.6 Å². The first-order chi connectivity index (χ1) is 13.1. The standard InChI is InChI=1S/C20H19ClN2O4/c21-10-19(24)23-18(20(25)26)8-14-11-22-17-7-6-15(9-16(14)17)27-12-13-4-2-1-3-5-13/h1-7,9,11,18,22H,8,10,12H2,(H,23,24)(H,25,26)/t18-/m0/s1. The van der Waals surface area contributed by atoms with Crippen LogP contribution in [0.2, 0.25) is 0 Å². The normalized spacial score (nSPS) is 11.9. The number of carbonyl (C=O) groups excluding carboxylic acids is 1. The van der Waals surface area contributed by atoms with Crippen molar-refractivity contribution in [2.45, 2.75) is 19.1 Å². The molecule has 0 bridgehead atoms. The molecule has 0 saturated carbocycles. The van der Waals surface area contributed by atoms with Crippen LogP contribution in [0.4, 0.5) is 0 Å². The number of carboxylic acid groups (broad SMARTS) is 1. The Balaban J connectivity index is 1.77. The Labute approximate surface area is 161 Å². The van der Waals surface area contributed by atoms with E-state index < -0.39 is 17.9 Å². The molecule has 0 saturated heterocycles. The molecule has 7 heteroatoms. The third-order valence-corrected chi connectivity index (χ3v) is 4.41. The van der Waals surface area contributed by atoms with Crippen LogP contribution >= 0.6 is 11.6 Å². The van der Waals surface area contributed by atoms with Crippen LogP contribution in [0, 0.1) is 0 Å². The Morgan fingerprint density at radius 3 is 2.67 bits per heavy atom. The number of carbonyl (C=O) groups is 2. The first-order valence-corrected chi connectivity index (χ1v) is 8.95. The molecular weight excluding hydrogens is 368 g/mol. The van der Waals surface area contributed by atoms with Gasteiger partial charge in [-0.1, -0.05) is 30.3 Å². The van der Waals surface area contributed by atoms with E-state index in [0.29, 0.717) is 12.4 Å². The van der Waals surface area contributed by atoms with Gasteiger partial charge in [0.15, 0.2) is 0 Å². The maximum atomic E-state index is 11.5. The Hall–Kier alpha value is -2.99. The van der Waals surface area contributed by atoms with Gasteiger partial charge < -0.3 is 20.1 Å². The van der Waals surface area contributed by atoms with Crippen molar-refractivity contribution in [2.75, 3.05) is 5.88 Å². The predicted octanol–water partition coefficient (Wildman–Crippen LogP) is 3.10. The maximum absolute atomic E-state index is 11.5. The molecule has 0 aliphatic carbocycles. The summed E-state index contributed by atoms with van der Waals surface area (Å²) in [6, 6.07) is 14.4. The molecule has 3 rings (SSSR count). The molecule has 1 amide bonds. The highest BCUT2D eigenvalue weighted by Crippen LogP contribution is 2.25. The number of carboxylic acids is 1. The van der Waals surface area contributed by atoms with E-state index in [0.717, 1.165) is 22.0 Å². The topological polar surface area (TPSA) is 91.4 Å². The predicted molar refractivity (Wildman–Crippen MR) is 103 cm³/mol. The zero-order valence-corrected chi connectivity index (χ0v) is 15.2. The Morgan fingerprint density at radius 2 is 1.96 bits per heavy atom. The number of H-pyrrole nitrogens is 1. The quantitative estimate of drug-likeness (QED) is 0.519. The van der Waals surface area contributed by atoms with Gasteiger partial charge in [-0.3, -0.25) is 4.79 Å². The van der Waals surface area contributed by atoms with E-state index in [1.54, 1.807) is 6.20 Å². The van der Waals surface area contributed by atoms with Crippen LogP contribution in [0.5, 0.6) is 5.75 Å². The Morgan fingerprint density at radius 1 is 1.19 bits per heavy atom. The van der Waals surface area contributed by atoms with Gasteiger partial charge in [0.1, 0.15) is 24.3 Å². The summed E-state index contributed by atoms with van der Waals surface area (Å²) < 4.78 is 5.84. The third-order valence-electron chi connectivity index (χ3n) is 4.17. The number of aromatic nitrogens is 1. The second-order valence-electron chi connectivity index (χ2n) is 6.09. The summed E-state index contributed by atoms with van der Waals surface area (Å²) in [5, 5.41) is 12.6. The molecule has 3 aromatic rings. The number of hydrogen-bond donors (Lipinski definition) is 3. The molecular formula is C20H19ClN2O4. The monoisotopic (exact) mass is 386 g/mol. The van der Waals surface area contributed by atoms with Crippen molar-refractivity contribution in [3.05, 3.63) is 65.9 Å². The number of hydrogen-bond acceptors (Lipinski definition) is 3. The minimum Gasteiger partial charge on any atom is -0.489 e. The van der Waals surface area contributed by atoms with Crippen LogP contribution in [0.3, 0.4) is 0 Å². The third kappa shape index (κ3) is 4.80. The second-order valence-corrected chi connectivity index (χ2v) is 6.36. The van der Waals surface area contributed by atoms with Crippen molar-refractivity contribution >= 4 is 34.4 Å². The number of aromatic amines is 1. The van der Waals surface area contributed by atoms with E-state index in [4.69, 9.17) is 16.3 Å². The molecule has 1 heterocycles. The van der Waals surface area contributed by atoms with E-state index >= 15 is 0 Å². The lowest BCUT2D eigenvalue weighted by Crippen LogP contribution is -2.42. The van der Waals surface area contributed by atoms with E-state index in [2.05, 4.69) is 10.3 Å². The van der Waals surface area contributed by atoms with Crippen LogP contribution in [-0.2, 0) is 22.6 Å². The molecule has 1 atom stereocenters. The molecule has 0 fully saturated rings. The van der Waals surface area contributed by atoms with Crippen LogP contribution in [0.25, 0.3) is 10.9 Å². The van der Waals surface area contributed by atoms with Gasteiger partial charge in [0.2, 0.25) is 5.91 Å². The van der Waals surface area contributed by atoms with Crippen LogP contribution in [-0.4, -0.2) is 33.9 Å². The number of fused-ring (bicyclic) bond motifs is 1. The average molecular weight is 387 g/mol. The highest BCUT2D eigenvalue weighted by atomic mass is 35.5. The molecule has 2 aromatic carbocycles. The van der Waals surface area contributed by atoms with Gasteiger partial charge in [-0.05, 0) is 29.3 Å². The molecule has 27 heavy (non-hydrogen) atoms. The molecule has 3 N–H and O–H groups in total. The lowest BCUT2D eigenvalue weighted by molar-refractivity contribution is -0.141. The summed E-state index contributed by atoms with van der Waals surface area (Å²) in [4.78, 5) is 26.0. The summed E-state index contributed by atoms with van der Waals surface area (Å²) in [6.45, 7) is 0.440. The number of amides is 1. The van der Waals surface area contributed by atoms with E-state index in [-0.39, 0.29) is 12.3 Å². The smallest absolute Gasteiger partial charge is 0.326 e. The number of alkyl halides is 1. The molecule has 140 valence electrons. The lowest BCUT2D eigenvalue weighted by Gasteiger charge is -2.13. The molecule has 6 nitrogen and oxygen atoms in total. The summed E-state index contributed by atoms with van der Waals surface area (Å²) in [5.41, 5.74) is 2.70. The molecule has 1 aromatic heterocycles. The molecule has 0 aliphatic rings. The van der Waals surface area contributed by atoms with Gasteiger partial charge in [0.05, 0.1) is 0 Å². The highest BCUT2D eigenvalue weighted by Gasteiger charge is 2.21.